The molecule has 0 saturated heterocycles. The first kappa shape index (κ1) is 27.3. The van der Waals surface area contributed by atoms with Crippen LogP contribution in [0.3, 0.4) is 0 Å². The standard InChI is InChI=1S/C22H25F5N4O5/c1-20(2,3)36-19(32)28-13-11-12(15(23)24)16-29-14(13)17-30-31-18(35-17)21(33,22(25,26)27)9-7-5-4-6-8-10-34-16/h4,6,11,15,33H,5,7-10H2,1-3H3,(H,28,32)/b6-4-. The summed E-state index contributed by atoms with van der Waals surface area (Å²) in [5.41, 5.74) is -5.96. The van der Waals surface area contributed by atoms with Gasteiger partial charge in [-0.15, -0.1) is 10.2 Å². The van der Waals surface area contributed by atoms with Crippen LogP contribution in [0, 0.1) is 0 Å². The van der Waals surface area contributed by atoms with Gasteiger partial charge in [0.05, 0.1) is 17.9 Å². The van der Waals surface area contributed by atoms with Gasteiger partial charge in [0, 0.05) is 0 Å². The smallest absolute Gasteiger partial charge is 0.426 e. The first-order valence-corrected chi connectivity index (χ1v) is 11.0. The highest BCUT2D eigenvalue weighted by molar-refractivity contribution is 5.89. The first-order valence-electron chi connectivity index (χ1n) is 11.0. The minimum absolute atomic E-state index is 0.0664. The maximum absolute atomic E-state index is 13.8. The van der Waals surface area contributed by atoms with E-state index < -0.39 is 70.9 Å². The van der Waals surface area contributed by atoms with Crippen LogP contribution < -0.4 is 10.1 Å². The lowest BCUT2D eigenvalue weighted by Crippen LogP contribution is -2.42. The van der Waals surface area contributed by atoms with Gasteiger partial charge in [0.2, 0.25) is 11.5 Å². The zero-order valence-corrected chi connectivity index (χ0v) is 19.7. The van der Waals surface area contributed by atoms with Crippen molar-refractivity contribution in [3.05, 3.63) is 29.7 Å². The minimum Gasteiger partial charge on any atom is -0.477 e. The predicted octanol–water partition coefficient (Wildman–Crippen LogP) is 5.68. The highest BCUT2D eigenvalue weighted by Gasteiger charge is 2.58. The fourth-order valence-electron chi connectivity index (χ4n) is 3.25. The molecule has 1 amide bonds. The Balaban J connectivity index is 2.17. The number of fused-ring (bicyclic) bond motifs is 5. The summed E-state index contributed by atoms with van der Waals surface area (Å²) in [5, 5.41) is 19.6. The van der Waals surface area contributed by atoms with E-state index in [1.165, 1.54) is 0 Å². The number of anilines is 1. The molecule has 0 saturated carbocycles. The highest BCUT2D eigenvalue weighted by atomic mass is 19.4. The Hall–Kier alpha value is -3.29. The summed E-state index contributed by atoms with van der Waals surface area (Å²) in [5.74, 6) is -2.37. The number of amides is 1. The lowest BCUT2D eigenvalue weighted by atomic mass is 9.95. The summed E-state index contributed by atoms with van der Waals surface area (Å²) in [6.07, 6.45) is -6.49. The molecule has 2 N–H and O–H groups in total. The molecule has 4 bridgehead atoms. The quantitative estimate of drug-likeness (QED) is 0.384. The van der Waals surface area contributed by atoms with E-state index in [0.717, 1.165) is 6.07 Å². The van der Waals surface area contributed by atoms with E-state index in [1.54, 1.807) is 32.9 Å². The van der Waals surface area contributed by atoms with Gasteiger partial charge in [-0.05, 0) is 52.5 Å². The number of hydrogen-bond donors (Lipinski definition) is 2. The lowest BCUT2D eigenvalue weighted by molar-refractivity contribution is -0.277. The molecule has 3 rings (SSSR count). The second kappa shape index (κ2) is 10.4. The van der Waals surface area contributed by atoms with Crippen molar-refractivity contribution in [2.24, 2.45) is 0 Å². The molecule has 0 aromatic carbocycles. The summed E-state index contributed by atoms with van der Waals surface area (Å²) >= 11 is 0. The van der Waals surface area contributed by atoms with Gasteiger partial charge in [0.15, 0.2) is 5.69 Å². The van der Waals surface area contributed by atoms with Gasteiger partial charge in [-0.25, -0.2) is 18.6 Å². The van der Waals surface area contributed by atoms with Crippen molar-refractivity contribution in [2.75, 3.05) is 11.9 Å². The normalized spacial score (nSPS) is 20.2. The third kappa shape index (κ3) is 6.28. The molecule has 1 aliphatic rings. The van der Waals surface area contributed by atoms with Gasteiger partial charge in [0.25, 0.3) is 18.2 Å². The van der Waals surface area contributed by atoms with Crippen LogP contribution in [0.25, 0.3) is 11.6 Å². The van der Waals surface area contributed by atoms with E-state index in [2.05, 4.69) is 20.5 Å². The molecule has 0 radical (unpaired) electrons. The molecule has 0 aliphatic carbocycles. The molecular weight excluding hydrogens is 495 g/mol. The molecule has 0 spiro atoms. The largest absolute Gasteiger partial charge is 0.477 e. The molecule has 1 atom stereocenters. The molecule has 1 aliphatic heterocycles. The Kier molecular flexibility index (Phi) is 7.86. The number of hydrogen-bond acceptors (Lipinski definition) is 8. The SMILES string of the molecule is CC(C)(C)OC(=O)Nc1cc(C(F)F)c2nc1-c1nnc(o1)C(O)(C(F)(F)F)CCC/C=C\CCO2. The molecule has 2 aromatic heterocycles. The average molecular weight is 520 g/mol. The van der Waals surface area contributed by atoms with E-state index in [1.807, 2.05) is 0 Å². The molecular formula is C22H25F5N4O5. The Morgan fingerprint density at radius 3 is 2.53 bits per heavy atom. The monoisotopic (exact) mass is 520 g/mol. The van der Waals surface area contributed by atoms with Crippen molar-refractivity contribution in [2.45, 2.75) is 70.3 Å². The highest BCUT2D eigenvalue weighted by Crippen LogP contribution is 2.43. The Bertz CT molecular complexity index is 1110. The van der Waals surface area contributed by atoms with Crippen LogP contribution in [0.2, 0.25) is 0 Å². The first-order chi connectivity index (χ1) is 16.7. The zero-order chi connectivity index (χ0) is 26.7. The maximum Gasteiger partial charge on any atom is 0.426 e. The number of alkyl halides is 5. The van der Waals surface area contributed by atoms with Crippen molar-refractivity contribution in [1.82, 2.24) is 15.2 Å². The number of carbonyl (C=O) groups is 1. The van der Waals surface area contributed by atoms with Gasteiger partial charge in [-0.2, -0.15) is 13.2 Å². The second-order valence-corrected chi connectivity index (χ2v) is 8.98. The number of aromatic nitrogens is 3. The van der Waals surface area contributed by atoms with E-state index in [-0.39, 0.29) is 25.9 Å². The van der Waals surface area contributed by atoms with Crippen molar-refractivity contribution >= 4 is 11.8 Å². The number of halogens is 5. The van der Waals surface area contributed by atoms with Gasteiger partial charge < -0.3 is 19.0 Å². The number of nitrogens with one attached hydrogen (secondary N) is 1. The summed E-state index contributed by atoms with van der Waals surface area (Å²) in [4.78, 5) is 16.3. The van der Waals surface area contributed by atoms with Crippen LogP contribution in [0.15, 0.2) is 22.6 Å². The zero-order valence-electron chi connectivity index (χ0n) is 19.7. The van der Waals surface area contributed by atoms with Crippen LogP contribution in [-0.2, 0) is 10.3 Å². The number of allylic oxidation sites excluding steroid dienone is 1. The lowest BCUT2D eigenvalue weighted by Gasteiger charge is -2.26. The number of nitrogens with zero attached hydrogens (tertiary/aromatic N) is 3. The van der Waals surface area contributed by atoms with Gasteiger partial charge in [-0.3, -0.25) is 5.32 Å². The molecule has 198 valence electrons. The van der Waals surface area contributed by atoms with E-state index in [0.29, 0.717) is 0 Å². The Morgan fingerprint density at radius 1 is 1.19 bits per heavy atom. The fourth-order valence-corrected chi connectivity index (χ4v) is 3.25. The molecule has 1 unspecified atom stereocenters. The van der Waals surface area contributed by atoms with Gasteiger partial charge in [0.1, 0.15) is 5.60 Å². The summed E-state index contributed by atoms with van der Waals surface area (Å²) in [7, 11) is 0. The Labute approximate surface area is 202 Å². The summed E-state index contributed by atoms with van der Waals surface area (Å²) in [6.45, 7) is 4.63. The molecule has 2 aromatic rings. The third-order valence-corrected chi connectivity index (χ3v) is 4.94. The molecule has 36 heavy (non-hydrogen) atoms. The van der Waals surface area contributed by atoms with Gasteiger partial charge >= 0.3 is 12.3 Å². The average Bonchev–Trinajstić information content (AvgIpc) is 3.23. The van der Waals surface area contributed by atoms with E-state index in [9.17, 15) is 31.9 Å². The topological polar surface area (TPSA) is 120 Å². The van der Waals surface area contributed by atoms with Gasteiger partial charge in [-0.1, -0.05) is 12.2 Å². The van der Waals surface area contributed by atoms with Crippen LogP contribution in [0.1, 0.15) is 64.3 Å². The number of aliphatic hydroxyl groups is 1. The predicted molar refractivity (Wildman–Crippen MR) is 115 cm³/mol. The number of pyridine rings is 1. The number of rotatable bonds is 2. The van der Waals surface area contributed by atoms with Crippen molar-refractivity contribution < 1.29 is 45.7 Å². The van der Waals surface area contributed by atoms with Crippen molar-refractivity contribution in [3.8, 4) is 17.5 Å². The minimum atomic E-state index is -5.16. The maximum atomic E-state index is 13.8. The van der Waals surface area contributed by atoms with Crippen LogP contribution in [0.4, 0.5) is 32.4 Å². The second-order valence-electron chi connectivity index (χ2n) is 8.98. The summed E-state index contributed by atoms with van der Waals surface area (Å²) in [6, 6.07) is 0.833. The van der Waals surface area contributed by atoms with Crippen LogP contribution in [-0.4, -0.2) is 44.8 Å². The van der Waals surface area contributed by atoms with Crippen molar-refractivity contribution in [1.29, 1.82) is 0 Å². The van der Waals surface area contributed by atoms with Crippen LogP contribution in [0.5, 0.6) is 5.88 Å². The van der Waals surface area contributed by atoms with Crippen molar-refractivity contribution in [3.63, 3.8) is 0 Å². The van der Waals surface area contributed by atoms with E-state index >= 15 is 0 Å². The molecule has 3 heterocycles. The summed E-state index contributed by atoms with van der Waals surface area (Å²) < 4.78 is 84.7. The third-order valence-electron chi connectivity index (χ3n) is 4.94. The number of ether oxygens (including phenoxy) is 2. The molecule has 14 heteroatoms. The Morgan fingerprint density at radius 2 is 1.89 bits per heavy atom. The van der Waals surface area contributed by atoms with Crippen LogP contribution >= 0.6 is 0 Å². The fraction of sp³-hybridized carbons (Fsp3) is 0.545. The number of carbonyl (C=O) groups excluding carboxylic acids is 1. The molecule has 9 nitrogen and oxygen atoms in total. The molecule has 0 fully saturated rings. The van der Waals surface area contributed by atoms with E-state index in [4.69, 9.17) is 13.9 Å².